The molecule has 0 radical (unpaired) electrons. The third-order valence-corrected chi connectivity index (χ3v) is 4.42. The molecule has 2 N–H and O–H groups in total. The number of urea groups is 1. The second-order valence-electron chi connectivity index (χ2n) is 5.75. The van der Waals surface area contributed by atoms with E-state index in [-0.39, 0.29) is 29.5 Å². The van der Waals surface area contributed by atoms with Crippen LogP contribution in [0.4, 0.5) is 14.9 Å². The van der Waals surface area contributed by atoms with E-state index in [1.165, 1.54) is 17.0 Å². The van der Waals surface area contributed by atoms with Crippen LogP contribution in [0.15, 0.2) is 18.2 Å². The fourth-order valence-electron chi connectivity index (χ4n) is 2.87. The molecule has 2 saturated heterocycles. The smallest absolute Gasteiger partial charge is 0.318 e. The first-order chi connectivity index (χ1) is 11.0. The molecule has 3 rings (SSSR count). The minimum Gasteiger partial charge on any atom is -0.369 e. The van der Waals surface area contributed by atoms with Gasteiger partial charge in [0.15, 0.2) is 0 Å². The van der Waals surface area contributed by atoms with Gasteiger partial charge in [-0.1, -0.05) is 11.6 Å². The van der Waals surface area contributed by atoms with E-state index < -0.39 is 5.82 Å². The van der Waals surface area contributed by atoms with E-state index in [2.05, 4.69) is 10.6 Å². The third kappa shape index (κ3) is 3.67. The molecular weight excluding hydrogens is 323 g/mol. The van der Waals surface area contributed by atoms with Crippen LogP contribution in [-0.4, -0.2) is 55.6 Å². The first-order valence-corrected chi connectivity index (χ1v) is 7.93. The molecule has 1 unspecified atom stereocenters. The molecule has 0 spiro atoms. The highest BCUT2D eigenvalue weighted by atomic mass is 35.5. The van der Waals surface area contributed by atoms with Gasteiger partial charge < -0.3 is 20.4 Å². The van der Waals surface area contributed by atoms with Crippen molar-refractivity contribution in [3.63, 3.8) is 0 Å². The Hall–Kier alpha value is -2.02. The minimum atomic E-state index is -0.448. The molecule has 124 valence electrons. The average molecular weight is 341 g/mol. The third-order valence-electron chi connectivity index (χ3n) is 4.11. The summed E-state index contributed by atoms with van der Waals surface area (Å²) in [6.07, 6.45) is 0.774. The van der Waals surface area contributed by atoms with E-state index in [4.69, 9.17) is 11.6 Å². The molecule has 3 amide bonds. The number of nitrogens with one attached hydrogen (secondary N) is 2. The Kier molecular flexibility index (Phi) is 4.56. The Labute approximate surface area is 138 Å². The van der Waals surface area contributed by atoms with Crippen molar-refractivity contribution in [1.82, 2.24) is 15.5 Å². The van der Waals surface area contributed by atoms with Crippen molar-refractivity contribution in [2.24, 2.45) is 0 Å². The Bertz CT molecular complexity index is 627. The van der Waals surface area contributed by atoms with Crippen molar-refractivity contribution in [2.75, 3.05) is 37.6 Å². The summed E-state index contributed by atoms with van der Waals surface area (Å²) in [5.74, 6) is -0.591. The molecule has 2 fully saturated rings. The zero-order valence-corrected chi connectivity index (χ0v) is 13.3. The molecule has 23 heavy (non-hydrogen) atoms. The van der Waals surface area contributed by atoms with Crippen LogP contribution in [0, 0.1) is 5.82 Å². The van der Waals surface area contributed by atoms with Crippen LogP contribution >= 0.6 is 11.6 Å². The SMILES string of the molecule is O=C1CN(C(=O)NC2CCN(c3ccc(Cl)c(F)c3)C2)CCN1. The standard InChI is InChI=1S/C15H18ClFN4O2/c16-12-2-1-11(7-13(12)17)20-5-3-10(8-20)19-15(23)21-6-4-18-14(22)9-21/h1-2,7,10H,3-6,8-9H2,(H,18,22)(H,19,23). The molecule has 0 aromatic heterocycles. The van der Waals surface area contributed by atoms with E-state index in [0.29, 0.717) is 19.6 Å². The normalized spacial score (nSPS) is 21.3. The number of halogens is 2. The van der Waals surface area contributed by atoms with E-state index in [1.807, 2.05) is 4.90 Å². The Morgan fingerprint density at radius 2 is 2.22 bits per heavy atom. The van der Waals surface area contributed by atoms with Gasteiger partial charge in [-0.05, 0) is 24.6 Å². The van der Waals surface area contributed by atoms with Crippen molar-refractivity contribution >= 4 is 29.2 Å². The number of anilines is 1. The van der Waals surface area contributed by atoms with Gasteiger partial charge >= 0.3 is 6.03 Å². The maximum Gasteiger partial charge on any atom is 0.318 e. The van der Waals surface area contributed by atoms with Gasteiger partial charge in [0.05, 0.1) is 5.02 Å². The Morgan fingerprint density at radius 3 is 2.96 bits per heavy atom. The van der Waals surface area contributed by atoms with Crippen LogP contribution < -0.4 is 15.5 Å². The second-order valence-corrected chi connectivity index (χ2v) is 6.16. The molecule has 0 aliphatic carbocycles. The van der Waals surface area contributed by atoms with Crippen LogP contribution in [-0.2, 0) is 4.79 Å². The molecule has 1 aromatic carbocycles. The highest BCUT2D eigenvalue weighted by Gasteiger charge is 2.28. The van der Waals surface area contributed by atoms with E-state index in [9.17, 15) is 14.0 Å². The summed E-state index contributed by atoms with van der Waals surface area (Å²) in [7, 11) is 0. The van der Waals surface area contributed by atoms with Crippen molar-refractivity contribution in [3.05, 3.63) is 29.0 Å². The van der Waals surface area contributed by atoms with Crippen LogP contribution in [0.1, 0.15) is 6.42 Å². The van der Waals surface area contributed by atoms with Gasteiger partial charge in [-0.3, -0.25) is 4.79 Å². The van der Waals surface area contributed by atoms with Gasteiger partial charge in [0.2, 0.25) is 5.91 Å². The second kappa shape index (κ2) is 6.62. The monoisotopic (exact) mass is 340 g/mol. The first kappa shape index (κ1) is 15.9. The van der Waals surface area contributed by atoms with Crippen molar-refractivity contribution in [2.45, 2.75) is 12.5 Å². The number of hydrogen-bond acceptors (Lipinski definition) is 3. The lowest BCUT2D eigenvalue weighted by Crippen LogP contribution is -2.54. The molecular formula is C15H18ClFN4O2. The first-order valence-electron chi connectivity index (χ1n) is 7.55. The lowest BCUT2D eigenvalue weighted by atomic mass is 10.2. The molecule has 0 bridgehead atoms. The Morgan fingerprint density at radius 1 is 1.39 bits per heavy atom. The number of carbonyl (C=O) groups is 2. The topological polar surface area (TPSA) is 64.7 Å². The maximum atomic E-state index is 13.5. The molecule has 8 heteroatoms. The minimum absolute atomic E-state index is 0.0220. The van der Waals surface area contributed by atoms with Crippen LogP contribution in [0.25, 0.3) is 0 Å². The Balaban J connectivity index is 1.56. The molecule has 2 aliphatic rings. The largest absolute Gasteiger partial charge is 0.369 e. The lowest BCUT2D eigenvalue weighted by Gasteiger charge is -2.28. The zero-order chi connectivity index (χ0) is 16.4. The van der Waals surface area contributed by atoms with E-state index >= 15 is 0 Å². The molecule has 2 heterocycles. The van der Waals surface area contributed by atoms with Gasteiger partial charge in [0.1, 0.15) is 12.4 Å². The summed E-state index contributed by atoms with van der Waals surface area (Å²) in [4.78, 5) is 27.0. The van der Waals surface area contributed by atoms with Gasteiger partial charge in [0.25, 0.3) is 0 Å². The number of amides is 3. The van der Waals surface area contributed by atoms with Crippen molar-refractivity contribution < 1.29 is 14.0 Å². The maximum absolute atomic E-state index is 13.5. The van der Waals surface area contributed by atoms with Crippen molar-refractivity contribution in [3.8, 4) is 0 Å². The predicted octanol–water partition coefficient (Wildman–Crippen LogP) is 1.20. The number of nitrogens with zero attached hydrogens (tertiary/aromatic N) is 2. The number of hydrogen-bond donors (Lipinski definition) is 2. The van der Waals surface area contributed by atoms with Crippen LogP contribution in [0.5, 0.6) is 0 Å². The summed E-state index contributed by atoms with van der Waals surface area (Å²) < 4.78 is 13.5. The fourth-order valence-corrected chi connectivity index (χ4v) is 2.99. The summed E-state index contributed by atoms with van der Waals surface area (Å²) in [6, 6.07) is 4.46. The lowest BCUT2D eigenvalue weighted by molar-refractivity contribution is -0.123. The molecule has 1 aromatic rings. The predicted molar refractivity (Wildman–Crippen MR) is 85.1 cm³/mol. The van der Waals surface area contributed by atoms with Gasteiger partial charge in [-0.15, -0.1) is 0 Å². The number of benzene rings is 1. The average Bonchev–Trinajstić information content (AvgIpc) is 2.98. The molecule has 0 saturated carbocycles. The highest BCUT2D eigenvalue weighted by Crippen LogP contribution is 2.25. The van der Waals surface area contributed by atoms with Gasteiger partial charge in [0, 0.05) is 37.9 Å². The number of piperazine rings is 1. The fraction of sp³-hybridized carbons (Fsp3) is 0.467. The highest BCUT2D eigenvalue weighted by molar-refractivity contribution is 6.30. The van der Waals surface area contributed by atoms with Crippen molar-refractivity contribution in [1.29, 1.82) is 0 Å². The summed E-state index contributed by atoms with van der Waals surface area (Å²) in [5.41, 5.74) is 0.751. The van der Waals surface area contributed by atoms with Crippen LogP contribution in [0.3, 0.4) is 0 Å². The number of carbonyl (C=O) groups excluding carboxylic acids is 2. The summed E-state index contributed by atoms with van der Waals surface area (Å²) >= 11 is 5.69. The summed E-state index contributed by atoms with van der Waals surface area (Å²) in [5, 5.41) is 5.72. The van der Waals surface area contributed by atoms with E-state index in [0.717, 1.165) is 18.7 Å². The van der Waals surface area contributed by atoms with Crippen LogP contribution in [0.2, 0.25) is 5.02 Å². The summed E-state index contributed by atoms with van der Waals surface area (Å²) in [6.45, 7) is 2.41. The molecule has 1 atom stereocenters. The van der Waals surface area contributed by atoms with E-state index in [1.54, 1.807) is 6.07 Å². The van der Waals surface area contributed by atoms with Gasteiger partial charge in [-0.2, -0.15) is 0 Å². The zero-order valence-electron chi connectivity index (χ0n) is 12.5. The quantitative estimate of drug-likeness (QED) is 0.850. The van der Waals surface area contributed by atoms with Gasteiger partial charge in [-0.25, -0.2) is 9.18 Å². The number of rotatable bonds is 2. The molecule has 6 nitrogen and oxygen atoms in total. The molecule has 2 aliphatic heterocycles.